The van der Waals surface area contributed by atoms with E-state index >= 15 is 0 Å². The van der Waals surface area contributed by atoms with Gasteiger partial charge in [0.25, 0.3) is 0 Å². The first kappa shape index (κ1) is 20.7. The molecule has 0 saturated carbocycles. The largest absolute Gasteiger partial charge is 0.399 e. The molecule has 1 aromatic rings. The van der Waals surface area contributed by atoms with Crippen LogP contribution in [-0.2, 0) is 4.79 Å². The molecule has 0 aliphatic carbocycles. The lowest BCUT2D eigenvalue weighted by Crippen LogP contribution is -2.43. The van der Waals surface area contributed by atoms with Gasteiger partial charge in [0.1, 0.15) is 5.03 Å². The van der Waals surface area contributed by atoms with E-state index in [0.29, 0.717) is 37.2 Å². The molecule has 0 radical (unpaired) electrons. The van der Waals surface area contributed by atoms with Crippen LogP contribution in [0.4, 0.5) is 0 Å². The van der Waals surface area contributed by atoms with Crippen LogP contribution in [0.15, 0.2) is 51.8 Å². The molecular weight excluding hydrogens is 366 g/mol. The number of carbonyl (C=O) groups excluding carboxylic acids is 1. The Bertz CT molecular complexity index is 732. The molecule has 9 heteroatoms. The third kappa shape index (κ3) is 4.99. The van der Waals surface area contributed by atoms with Gasteiger partial charge in [0.15, 0.2) is 6.29 Å². The van der Waals surface area contributed by atoms with E-state index in [1.54, 1.807) is 18.3 Å². The van der Waals surface area contributed by atoms with Crippen molar-refractivity contribution in [2.24, 2.45) is 16.7 Å². The number of hydrogen-bond donors (Lipinski definition) is 3. The fraction of sp³-hybridized carbons (Fsp3) is 0.389. The monoisotopic (exact) mass is 391 g/mol. The number of carbonyl (C=O) groups is 1. The van der Waals surface area contributed by atoms with Crippen LogP contribution in [0.5, 0.6) is 0 Å². The van der Waals surface area contributed by atoms with Crippen molar-refractivity contribution in [2.45, 2.75) is 25.8 Å². The van der Waals surface area contributed by atoms with Crippen molar-refractivity contribution in [2.75, 3.05) is 20.1 Å². The smallest absolute Gasteiger partial charge is 0.163 e. The van der Waals surface area contributed by atoms with Gasteiger partial charge >= 0.3 is 0 Å². The minimum absolute atomic E-state index is 0.0155. The summed E-state index contributed by atoms with van der Waals surface area (Å²) in [5.41, 5.74) is 12.1. The minimum atomic E-state index is -0.0155. The van der Waals surface area contributed by atoms with E-state index in [-0.39, 0.29) is 11.1 Å². The molecule has 1 aliphatic heterocycles. The van der Waals surface area contributed by atoms with Crippen LogP contribution in [-0.4, -0.2) is 47.5 Å². The molecule has 1 unspecified atom stereocenters. The highest BCUT2D eigenvalue weighted by Gasteiger charge is 2.26. The second-order valence-electron chi connectivity index (χ2n) is 6.09. The number of hydrazone groups is 1. The van der Waals surface area contributed by atoms with Crippen molar-refractivity contribution >= 4 is 24.1 Å². The number of hydrogen-bond acceptors (Lipinski definition) is 8. The normalized spacial score (nSPS) is 17.0. The van der Waals surface area contributed by atoms with E-state index in [4.69, 9.17) is 23.2 Å². The third-order valence-corrected chi connectivity index (χ3v) is 4.74. The Morgan fingerprint density at radius 1 is 1.59 bits per heavy atom. The average Bonchev–Trinajstić information content (AvgIpc) is 2.69. The molecule has 27 heavy (non-hydrogen) atoms. The topological polar surface area (TPSA) is 113 Å². The Kier molecular flexibility index (Phi) is 7.63. The molecule has 0 amide bonds. The number of allylic oxidation sites excluding steroid dienone is 2. The lowest BCUT2D eigenvalue weighted by molar-refractivity contribution is -0.104. The van der Waals surface area contributed by atoms with Crippen molar-refractivity contribution in [3.8, 4) is 0 Å². The third-order valence-electron chi connectivity index (χ3n) is 4.46. The number of halogens is 1. The molecular formula is C18H26ClN7O. The summed E-state index contributed by atoms with van der Waals surface area (Å²) < 4.78 is 0. The number of rotatable bonds is 8. The highest BCUT2D eigenvalue weighted by atomic mass is 35.5. The molecule has 0 saturated heterocycles. The first-order chi connectivity index (χ1) is 13.0. The first-order valence-corrected chi connectivity index (χ1v) is 9.12. The van der Waals surface area contributed by atoms with Gasteiger partial charge in [-0.15, -0.1) is 0 Å². The van der Waals surface area contributed by atoms with Crippen molar-refractivity contribution < 1.29 is 4.79 Å². The number of hydrazine groups is 1. The van der Waals surface area contributed by atoms with Crippen molar-refractivity contribution in [3.05, 3.63) is 52.2 Å². The summed E-state index contributed by atoms with van der Waals surface area (Å²) in [6.45, 7) is 3.09. The predicted molar refractivity (Wildman–Crippen MR) is 107 cm³/mol. The molecule has 0 spiro atoms. The maximum Gasteiger partial charge on any atom is 0.163 e. The van der Waals surface area contributed by atoms with Gasteiger partial charge in [0, 0.05) is 38.1 Å². The highest BCUT2D eigenvalue weighted by molar-refractivity contribution is 6.40. The van der Waals surface area contributed by atoms with E-state index in [1.807, 2.05) is 23.2 Å². The lowest BCUT2D eigenvalue weighted by Gasteiger charge is -2.38. The molecule has 0 fully saturated rings. The van der Waals surface area contributed by atoms with Gasteiger partial charge in [-0.05, 0) is 18.1 Å². The average molecular weight is 392 g/mol. The molecule has 2 rings (SSSR count). The summed E-state index contributed by atoms with van der Waals surface area (Å²) in [5.74, 6) is 6.43. The van der Waals surface area contributed by atoms with Crippen molar-refractivity contribution in [1.82, 2.24) is 20.3 Å². The van der Waals surface area contributed by atoms with Gasteiger partial charge in [-0.3, -0.25) is 9.78 Å². The van der Waals surface area contributed by atoms with Crippen LogP contribution in [0.2, 0.25) is 0 Å². The summed E-state index contributed by atoms with van der Waals surface area (Å²) in [5, 5.41) is 5.77. The van der Waals surface area contributed by atoms with Gasteiger partial charge in [-0.25, -0.2) is 5.84 Å². The Morgan fingerprint density at radius 2 is 2.37 bits per heavy atom. The molecule has 1 aliphatic rings. The summed E-state index contributed by atoms with van der Waals surface area (Å²) in [6.07, 6.45) is 7.11. The number of nitrogens with two attached hydrogens (primary N) is 2. The van der Waals surface area contributed by atoms with Gasteiger partial charge < -0.3 is 21.1 Å². The Morgan fingerprint density at radius 3 is 2.93 bits per heavy atom. The zero-order valence-corrected chi connectivity index (χ0v) is 16.4. The minimum Gasteiger partial charge on any atom is -0.399 e. The Labute approximate surface area is 164 Å². The second kappa shape index (κ2) is 9.94. The molecule has 1 aromatic heterocycles. The van der Waals surface area contributed by atoms with Gasteiger partial charge in [0.05, 0.1) is 30.2 Å². The molecule has 8 nitrogen and oxygen atoms in total. The number of pyridine rings is 1. The maximum atomic E-state index is 11.1. The first-order valence-electron chi connectivity index (χ1n) is 8.74. The van der Waals surface area contributed by atoms with Gasteiger partial charge in [0.2, 0.25) is 0 Å². The standard InChI is InChI=1S/C18H26ClN7O/c1-3-16(13-5-4-7-23-9-13)26(21)17-6-8-25(11-15(17)20)18(10-24-22-2)14(19)12-27/h4-5,7,9-10,12,16,22H,3,6,8,11,20-21H2,1-2H3/b18-14-,24-10-. The van der Waals surface area contributed by atoms with Crippen LogP contribution < -0.4 is 17.0 Å². The molecule has 1 atom stereocenters. The van der Waals surface area contributed by atoms with E-state index < -0.39 is 0 Å². The maximum absolute atomic E-state index is 11.1. The zero-order valence-electron chi connectivity index (χ0n) is 15.6. The SMILES string of the molecule is CCC(c1cccnc1)N(N)C1=C(N)CN(C(/C=N\NC)=C(\Cl)C=O)CC1. The Hall–Kier alpha value is -2.58. The summed E-state index contributed by atoms with van der Waals surface area (Å²) in [7, 11) is 1.67. The van der Waals surface area contributed by atoms with E-state index in [0.717, 1.165) is 17.7 Å². The van der Waals surface area contributed by atoms with E-state index in [2.05, 4.69) is 22.4 Å². The van der Waals surface area contributed by atoms with Gasteiger partial charge in [-0.2, -0.15) is 5.10 Å². The van der Waals surface area contributed by atoms with Gasteiger partial charge in [-0.1, -0.05) is 24.6 Å². The number of aldehydes is 1. The van der Waals surface area contributed by atoms with Crippen molar-refractivity contribution in [1.29, 1.82) is 0 Å². The molecule has 0 bridgehead atoms. The summed E-state index contributed by atoms with van der Waals surface area (Å²) in [4.78, 5) is 17.2. The van der Waals surface area contributed by atoms with E-state index in [1.165, 1.54) is 6.21 Å². The van der Waals surface area contributed by atoms with Crippen molar-refractivity contribution in [3.63, 3.8) is 0 Å². The number of nitrogens with one attached hydrogen (secondary N) is 1. The van der Waals surface area contributed by atoms with E-state index in [9.17, 15) is 4.79 Å². The summed E-state index contributed by atoms with van der Waals surface area (Å²) in [6, 6.07) is 3.88. The quantitative estimate of drug-likeness (QED) is 0.202. The van der Waals surface area contributed by atoms with Crippen LogP contribution in [0, 0.1) is 0 Å². The predicted octanol–water partition coefficient (Wildman–Crippen LogP) is 1.44. The molecule has 146 valence electrons. The Balaban J connectivity index is 2.24. The van der Waals surface area contributed by atoms with Crippen LogP contribution in [0.25, 0.3) is 0 Å². The number of aromatic nitrogens is 1. The summed E-state index contributed by atoms with van der Waals surface area (Å²) >= 11 is 6.05. The lowest BCUT2D eigenvalue weighted by atomic mass is 10.0. The van der Waals surface area contributed by atoms with Crippen LogP contribution in [0.3, 0.4) is 0 Å². The number of nitrogens with zero attached hydrogens (tertiary/aromatic N) is 4. The fourth-order valence-corrected chi connectivity index (χ4v) is 3.28. The fourth-order valence-electron chi connectivity index (χ4n) is 3.11. The molecule has 0 aromatic carbocycles. The molecule has 2 heterocycles. The zero-order chi connectivity index (χ0) is 19.8. The van der Waals surface area contributed by atoms with Crippen LogP contribution in [0.1, 0.15) is 31.4 Å². The highest BCUT2D eigenvalue weighted by Crippen LogP contribution is 2.29. The van der Waals surface area contributed by atoms with Crippen LogP contribution >= 0.6 is 11.6 Å². The second-order valence-corrected chi connectivity index (χ2v) is 6.50. The molecule has 5 N–H and O–H groups in total.